The Morgan fingerprint density at radius 1 is 1.17 bits per heavy atom. The minimum atomic E-state index is -3.96. The highest BCUT2D eigenvalue weighted by Gasteiger charge is 2.16. The average Bonchev–Trinajstić information content (AvgIpc) is 2.49. The summed E-state index contributed by atoms with van der Waals surface area (Å²) in [5.74, 6) is -0.733. The second-order valence-corrected chi connectivity index (χ2v) is 8.02. The Labute approximate surface area is 152 Å². The molecule has 1 amide bonds. The maximum absolute atomic E-state index is 12.8. The third-order valence-corrected chi connectivity index (χ3v) is 5.29. The number of thioether (sulfide) groups is 1. The van der Waals surface area contributed by atoms with E-state index in [0.717, 1.165) is 12.1 Å². The molecule has 5 nitrogen and oxygen atoms in total. The van der Waals surface area contributed by atoms with Crippen LogP contribution in [-0.4, -0.2) is 20.1 Å². The van der Waals surface area contributed by atoms with E-state index in [0.29, 0.717) is 4.90 Å². The highest BCUT2D eigenvalue weighted by atomic mass is 35.5. The largest absolute Gasteiger partial charge is 0.323 e. The summed E-state index contributed by atoms with van der Waals surface area (Å²) in [5.41, 5.74) is 0.0930. The van der Waals surface area contributed by atoms with Crippen LogP contribution in [0.3, 0.4) is 0 Å². The molecule has 0 bridgehead atoms. The number of rotatable bonds is 5. The van der Waals surface area contributed by atoms with Gasteiger partial charge in [-0.1, -0.05) is 23.2 Å². The predicted octanol–water partition coefficient (Wildman–Crippen LogP) is 3.51. The molecule has 2 aromatic carbocycles. The Morgan fingerprint density at radius 3 is 2.21 bits per heavy atom. The van der Waals surface area contributed by atoms with Gasteiger partial charge in [-0.15, -0.1) is 11.8 Å². The second kappa shape index (κ2) is 7.71. The number of sulfonamides is 1. The molecule has 0 aliphatic carbocycles. The molecule has 0 fully saturated rings. The fraction of sp³-hybridized carbons (Fsp3) is 0.0714. The van der Waals surface area contributed by atoms with E-state index in [2.05, 4.69) is 5.32 Å². The van der Waals surface area contributed by atoms with Crippen LogP contribution in [0.5, 0.6) is 0 Å². The van der Waals surface area contributed by atoms with E-state index >= 15 is 0 Å². The van der Waals surface area contributed by atoms with Crippen molar-refractivity contribution in [2.45, 2.75) is 9.79 Å². The smallest absolute Gasteiger partial charge is 0.238 e. The maximum atomic E-state index is 12.8. The van der Waals surface area contributed by atoms with Gasteiger partial charge in [0.1, 0.15) is 5.82 Å². The third-order valence-electron chi connectivity index (χ3n) is 2.79. The Hall–Kier alpha value is -1.32. The minimum absolute atomic E-state index is 0.0369. The molecule has 0 radical (unpaired) electrons. The van der Waals surface area contributed by atoms with E-state index in [1.165, 1.54) is 23.9 Å². The fourth-order valence-corrected chi connectivity index (χ4v) is 3.66. The van der Waals surface area contributed by atoms with Gasteiger partial charge in [0.15, 0.2) is 0 Å². The van der Waals surface area contributed by atoms with Crippen LogP contribution < -0.4 is 10.5 Å². The van der Waals surface area contributed by atoms with Crippen LogP contribution in [0.1, 0.15) is 0 Å². The third kappa shape index (κ3) is 5.09. The van der Waals surface area contributed by atoms with E-state index in [-0.39, 0.29) is 32.2 Å². The van der Waals surface area contributed by atoms with E-state index < -0.39 is 15.9 Å². The number of carbonyl (C=O) groups excluding carboxylic acids is 1. The van der Waals surface area contributed by atoms with Crippen molar-refractivity contribution in [3.8, 4) is 0 Å². The zero-order chi connectivity index (χ0) is 17.9. The molecule has 3 N–H and O–H groups in total. The summed E-state index contributed by atoms with van der Waals surface area (Å²) in [7, 11) is -3.96. The molecule has 2 rings (SSSR count). The van der Waals surface area contributed by atoms with Crippen molar-refractivity contribution in [3.05, 3.63) is 52.3 Å². The number of halogens is 3. The number of nitrogens with one attached hydrogen (secondary N) is 1. The van der Waals surface area contributed by atoms with Crippen molar-refractivity contribution in [3.63, 3.8) is 0 Å². The van der Waals surface area contributed by atoms with E-state index in [9.17, 15) is 17.6 Å². The van der Waals surface area contributed by atoms with Gasteiger partial charge in [0.05, 0.1) is 26.4 Å². The first-order valence-electron chi connectivity index (χ1n) is 6.37. The molecule has 0 atom stereocenters. The van der Waals surface area contributed by atoms with Crippen LogP contribution in [0.2, 0.25) is 10.0 Å². The molecule has 0 spiro atoms. The lowest BCUT2D eigenvalue weighted by molar-refractivity contribution is -0.113. The van der Waals surface area contributed by atoms with Gasteiger partial charge in [0, 0.05) is 4.90 Å². The quantitative estimate of drug-likeness (QED) is 0.740. The minimum Gasteiger partial charge on any atom is -0.323 e. The van der Waals surface area contributed by atoms with Crippen LogP contribution >= 0.6 is 35.0 Å². The number of hydrogen-bond acceptors (Lipinski definition) is 4. The first-order chi connectivity index (χ1) is 11.2. The van der Waals surface area contributed by atoms with Crippen molar-refractivity contribution < 1.29 is 17.6 Å². The zero-order valence-corrected chi connectivity index (χ0v) is 15.1. The Kier molecular flexibility index (Phi) is 6.11. The molecule has 128 valence electrons. The predicted molar refractivity (Wildman–Crippen MR) is 93.6 cm³/mol. The molecule has 0 saturated heterocycles. The molecule has 0 aliphatic heterocycles. The molecule has 0 aromatic heterocycles. The molecule has 10 heteroatoms. The number of primary sulfonamides is 1. The van der Waals surface area contributed by atoms with Gasteiger partial charge in [-0.3, -0.25) is 4.79 Å². The molecule has 0 saturated carbocycles. The normalized spacial score (nSPS) is 11.3. The van der Waals surface area contributed by atoms with Gasteiger partial charge in [-0.25, -0.2) is 17.9 Å². The number of hydrogen-bond donors (Lipinski definition) is 2. The lowest BCUT2D eigenvalue weighted by atomic mass is 10.3. The van der Waals surface area contributed by atoms with Crippen molar-refractivity contribution >= 4 is 56.6 Å². The topological polar surface area (TPSA) is 89.3 Å². The molecular weight excluding hydrogens is 398 g/mol. The van der Waals surface area contributed by atoms with Crippen molar-refractivity contribution in [1.29, 1.82) is 0 Å². The molecule has 0 unspecified atom stereocenters. The van der Waals surface area contributed by atoms with E-state index in [1.807, 2.05) is 0 Å². The second-order valence-electron chi connectivity index (χ2n) is 4.60. The highest BCUT2D eigenvalue weighted by molar-refractivity contribution is 8.00. The first-order valence-corrected chi connectivity index (χ1v) is 9.65. The summed E-state index contributed by atoms with van der Waals surface area (Å²) in [4.78, 5) is 12.4. The van der Waals surface area contributed by atoms with Gasteiger partial charge >= 0.3 is 0 Å². The molecule has 2 aromatic rings. The van der Waals surface area contributed by atoms with E-state index in [4.69, 9.17) is 28.3 Å². The van der Waals surface area contributed by atoms with Crippen LogP contribution in [0, 0.1) is 5.82 Å². The maximum Gasteiger partial charge on any atom is 0.238 e. The number of benzene rings is 2. The van der Waals surface area contributed by atoms with Crippen LogP contribution in [-0.2, 0) is 14.8 Å². The highest BCUT2D eigenvalue weighted by Crippen LogP contribution is 2.33. The lowest BCUT2D eigenvalue weighted by Crippen LogP contribution is -2.16. The van der Waals surface area contributed by atoms with Crippen molar-refractivity contribution in [2.24, 2.45) is 5.14 Å². The number of anilines is 1. The summed E-state index contributed by atoms with van der Waals surface area (Å²) >= 11 is 13.1. The number of nitrogens with two attached hydrogens (primary N) is 1. The Morgan fingerprint density at radius 2 is 1.71 bits per heavy atom. The van der Waals surface area contributed by atoms with Crippen LogP contribution in [0.15, 0.2) is 46.2 Å². The van der Waals surface area contributed by atoms with Crippen LogP contribution in [0.25, 0.3) is 0 Å². The standard InChI is InChI=1S/C14H11Cl2FN2O3S2/c15-11-5-10(24(18,21)22)6-12(16)14(11)19-13(20)7-23-9-3-1-8(17)2-4-9/h1-6H,7H2,(H,19,20)(H2,18,21,22). The summed E-state index contributed by atoms with van der Waals surface area (Å²) in [6.07, 6.45) is 0. The molecule has 24 heavy (non-hydrogen) atoms. The molecular formula is C14H11Cl2FN2O3S2. The zero-order valence-electron chi connectivity index (χ0n) is 11.9. The summed E-state index contributed by atoms with van der Waals surface area (Å²) in [5, 5.41) is 7.41. The first kappa shape index (κ1) is 19.0. The monoisotopic (exact) mass is 408 g/mol. The van der Waals surface area contributed by atoms with Gasteiger partial charge in [0.2, 0.25) is 15.9 Å². The molecule has 0 heterocycles. The molecule has 0 aliphatic rings. The summed E-state index contributed by atoms with van der Waals surface area (Å²) in [6, 6.07) is 7.89. The van der Waals surface area contributed by atoms with Crippen molar-refractivity contribution in [2.75, 3.05) is 11.1 Å². The van der Waals surface area contributed by atoms with Crippen molar-refractivity contribution in [1.82, 2.24) is 0 Å². The average molecular weight is 409 g/mol. The Balaban J connectivity index is 2.07. The van der Waals surface area contributed by atoms with Gasteiger partial charge in [-0.05, 0) is 36.4 Å². The SMILES string of the molecule is NS(=O)(=O)c1cc(Cl)c(NC(=O)CSc2ccc(F)cc2)c(Cl)c1. The number of amides is 1. The van der Waals surface area contributed by atoms with Gasteiger partial charge < -0.3 is 5.32 Å². The fourth-order valence-electron chi connectivity index (χ4n) is 1.69. The van der Waals surface area contributed by atoms with Gasteiger partial charge in [0.25, 0.3) is 0 Å². The summed E-state index contributed by atoms with van der Waals surface area (Å²) < 4.78 is 35.4. The Bertz CT molecular complexity index is 851. The van der Waals surface area contributed by atoms with Gasteiger partial charge in [-0.2, -0.15) is 0 Å². The summed E-state index contributed by atoms with van der Waals surface area (Å²) in [6.45, 7) is 0. The number of carbonyl (C=O) groups is 1. The van der Waals surface area contributed by atoms with E-state index in [1.54, 1.807) is 12.1 Å². The van der Waals surface area contributed by atoms with Crippen LogP contribution in [0.4, 0.5) is 10.1 Å². The lowest BCUT2D eigenvalue weighted by Gasteiger charge is -2.11.